The van der Waals surface area contributed by atoms with Crippen molar-refractivity contribution in [2.24, 2.45) is 11.3 Å². The highest BCUT2D eigenvalue weighted by Gasteiger charge is 2.25. The zero-order valence-corrected chi connectivity index (χ0v) is 19.2. The highest BCUT2D eigenvalue weighted by atomic mass is 16.2. The van der Waals surface area contributed by atoms with E-state index < -0.39 is 0 Å². The smallest absolute Gasteiger partial charge is 0.225 e. The van der Waals surface area contributed by atoms with Gasteiger partial charge in [0, 0.05) is 36.2 Å². The second-order valence-electron chi connectivity index (χ2n) is 9.55. The van der Waals surface area contributed by atoms with Crippen molar-refractivity contribution >= 4 is 11.7 Å². The van der Waals surface area contributed by atoms with Crippen molar-refractivity contribution in [1.29, 1.82) is 0 Å². The van der Waals surface area contributed by atoms with Crippen LogP contribution in [0.1, 0.15) is 33.6 Å². The molecule has 3 aromatic rings. The number of rotatable bonds is 5. The first kappa shape index (κ1) is 22.0. The molecule has 0 aliphatic carbocycles. The minimum Gasteiger partial charge on any atom is -0.355 e. The second kappa shape index (κ2) is 9.51. The van der Waals surface area contributed by atoms with Gasteiger partial charge in [-0.2, -0.15) is 0 Å². The summed E-state index contributed by atoms with van der Waals surface area (Å²) in [7, 11) is 0. The van der Waals surface area contributed by atoms with Crippen molar-refractivity contribution < 1.29 is 4.79 Å². The molecule has 2 heterocycles. The van der Waals surface area contributed by atoms with Crippen LogP contribution in [0.4, 0.5) is 5.82 Å². The van der Waals surface area contributed by atoms with Gasteiger partial charge >= 0.3 is 0 Å². The first-order valence-corrected chi connectivity index (χ1v) is 11.4. The number of piperidine rings is 1. The first-order chi connectivity index (χ1) is 15.4. The van der Waals surface area contributed by atoms with Crippen LogP contribution in [-0.4, -0.2) is 35.5 Å². The largest absolute Gasteiger partial charge is 0.355 e. The summed E-state index contributed by atoms with van der Waals surface area (Å²) in [5.41, 5.74) is 3.61. The summed E-state index contributed by atoms with van der Waals surface area (Å²) < 4.78 is 0. The Morgan fingerprint density at radius 2 is 1.50 bits per heavy atom. The Morgan fingerprint density at radius 1 is 0.938 bits per heavy atom. The highest BCUT2D eigenvalue weighted by Crippen LogP contribution is 2.31. The van der Waals surface area contributed by atoms with E-state index in [0.29, 0.717) is 5.92 Å². The molecule has 1 saturated heterocycles. The van der Waals surface area contributed by atoms with Gasteiger partial charge in [0.1, 0.15) is 5.82 Å². The van der Waals surface area contributed by atoms with Crippen LogP contribution in [0.3, 0.4) is 0 Å². The first-order valence-electron chi connectivity index (χ1n) is 11.4. The topological polar surface area (TPSA) is 58.1 Å². The number of amides is 1. The van der Waals surface area contributed by atoms with Gasteiger partial charge in [0.15, 0.2) is 0 Å². The average Bonchev–Trinajstić information content (AvgIpc) is 2.83. The van der Waals surface area contributed by atoms with Gasteiger partial charge in [0.2, 0.25) is 5.91 Å². The molecule has 1 amide bonds. The van der Waals surface area contributed by atoms with E-state index in [9.17, 15) is 4.79 Å². The van der Waals surface area contributed by atoms with E-state index in [1.807, 2.05) is 63.4 Å². The molecule has 0 radical (unpaired) electrons. The summed E-state index contributed by atoms with van der Waals surface area (Å²) in [6.07, 6.45) is 3.97. The summed E-state index contributed by atoms with van der Waals surface area (Å²) in [5, 5.41) is 3.12. The van der Waals surface area contributed by atoms with Crippen LogP contribution in [0.5, 0.6) is 0 Å². The second-order valence-corrected chi connectivity index (χ2v) is 9.55. The van der Waals surface area contributed by atoms with Crippen molar-refractivity contribution in [3.05, 3.63) is 66.9 Å². The molecule has 0 bridgehead atoms. The number of benzene rings is 2. The quantitative estimate of drug-likeness (QED) is 0.608. The number of carbonyl (C=O) groups excluding carboxylic acids is 1. The number of nitrogens with zero attached hydrogens (tertiary/aromatic N) is 3. The number of nitrogens with one attached hydrogen (secondary N) is 1. The number of hydrogen-bond acceptors (Lipinski definition) is 4. The third kappa shape index (κ3) is 5.16. The van der Waals surface area contributed by atoms with E-state index in [2.05, 4.69) is 34.5 Å². The fraction of sp³-hybridized carbons (Fsp3) is 0.370. The van der Waals surface area contributed by atoms with Gasteiger partial charge in [-0.3, -0.25) is 9.78 Å². The molecule has 0 unspecified atom stereocenters. The molecule has 1 aliphatic heterocycles. The van der Waals surface area contributed by atoms with E-state index >= 15 is 0 Å². The molecular formula is C27H32N4O. The summed E-state index contributed by atoms with van der Waals surface area (Å²) >= 11 is 0. The van der Waals surface area contributed by atoms with Crippen LogP contribution in [0, 0.1) is 11.3 Å². The monoisotopic (exact) mass is 428 g/mol. The van der Waals surface area contributed by atoms with Gasteiger partial charge in [-0.05, 0) is 18.8 Å². The zero-order valence-electron chi connectivity index (χ0n) is 19.2. The summed E-state index contributed by atoms with van der Waals surface area (Å²) in [6, 6.07) is 20.5. The molecule has 0 saturated carbocycles. The Kier molecular flexibility index (Phi) is 6.54. The van der Waals surface area contributed by atoms with Gasteiger partial charge in [0.25, 0.3) is 0 Å². The van der Waals surface area contributed by atoms with Crippen molar-refractivity contribution in [1.82, 2.24) is 15.3 Å². The molecule has 0 spiro atoms. The molecule has 0 atom stereocenters. The van der Waals surface area contributed by atoms with Crippen LogP contribution < -0.4 is 10.2 Å². The van der Waals surface area contributed by atoms with Gasteiger partial charge in [-0.25, -0.2) is 4.98 Å². The minimum absolute atomic E-state index is 0.120. The standard InChI is InChI=1S/C27H32N4O/c1-27(2,3)26(32)29-18-20-14-16-31(17-15-20)23-19-28-24(21-10-6-4-7-11-21)25(30-23)22-12-8-5-9-13-22/h4-13,19-20H,14-18H2,1-3H3,(H,29,32). The summed E-state index contributed by atoms with van der Waals surface area (Å²) in [4.78, 5) is 24.4. The van der Waals surface area contributed by atoms with E-state index in [-0.39, 0.29) is 11.3 Å². The Balaban J connectivity index is 1.50. The number of aromatic nitrogens is 2. The van der Waals surface area contributed by atoms with Crippen LogP contribution in [-0.2, 0) is 4.79 Å². The maximum atomic E-state index is 12.2. The maximum absolute atomic E-state index is 12.2. The lowest BCUT2D eigenvalue weighted by molar-refractivity contribution is -0.128. The fourth-order valence-corrected chi connectivity index (χ4v) is 4.01. The lowest BCUT2D eigenvalue weighted by Gasteiger charge is -2.33. The van der Waals surface area contributed by atoms with Crippen molar-refractivity contribution in [2.45, 2.75) is 33.6 Å². The number of hydrogen-bond donors (Lipinski definition) is 1. The predicted molar refractivity (Wildman–Crippen MR) is 130 cm³/mol. The van der Waals surface area contributed by atoms with Crippen LogP contribution >= 0.6 is 0 Å². The Morgan fingerprint density at radius 3 is 2.06 bits per heavy atom. The third-order valence-corrected chi connectivity index (χ3v) is 6.03. The number of anilines is 1. The van der Waals surface area contributed by atoms with E-state index in [0.717, 1.165) is 60.8 Å². The Hall–Kier alpha value is -3.21. The molecule has 1 aliphatic rings. The van der Waals surface area contributed by atoms with Gasteiger partial charge in [0.05, 0.1) is 17.6 Å². The van der Waals surface area contributed by atoms with Gasteiger partial charge < -0.3 is 10.2 Å². The third-order valence-electron chi connectivity index (χ3n) is 6.03. The molecule has 1 aromatic heterocycles. The average molecular weight is 429 g/mol. The van der Waals surface area contributed by atoms with Gasteiger partial charge in [-0.1, -0.05) is 81.4 Å². The van der Waals surface area contributed by atoms with E-state index in [1.54, 1.807) is 0 Å². The SMILES string of the molecule is CC(C)(C)C(=O)NCC1CCN(c2cnc(-c3ccccc3)c(-c3ccccc3)n2)CC1. The maximum Gasteiger partial charge on any atom is 0.225 e. The van der Waals surface area contributed by atoms with Gasteiger partial charge in [-0.15, -0.1) is 0 Å². The summed E-state index contributed by atoms with van der Waals surface area (Å²) in [6.45, 7) is 8.44. The molecule has 166 valence electrons. The summed E-state index contributed by atoms with van der Waals surface area (Å²) in [5.74, 6) is 1.54. The molecule has 2 aromatic carbocycles. The lowest BCUT2D eigenvalue weighted by Crippen LogP contribution is -2.42. The molecule has 5 heteroatoms. The predicted octanol–water partition coefficient (Wildman–Crippen LogP) is 5.19. The Bertz CT molecular complexity index is 1040. The van der Waals surface area contributed by atoms with Crippen LogP contribution in [0.25, 0.3) is 22.5 Å². The molecule has 1 N–H and O–H groups in total. The molecule has 4 rings (SSSR count). The molecule has 5 nitrogen and oxygen atoms in total. The fourth-order valence-electron chi connectivity index (χ4n) is 4.01. The number of carbonyl (C=O) groups is 1. The highest BCUT2D eigenvalue weighted by molar-refractivity contribution is 5.81. The molecule has 32 heavy (non-hydrogen) atoms. The van der Waals surface area contributed by atoms with E-state index in [1.165, 1.54) is 0 Å². The van der Waals surface area contributed by atoms with Crippen molar-refractivity contribution in [3.8, 4) is 22.5 Å². The van der Waals surface area contributed by atoms with Crippen molar-refractivity contribution in [3.63, 3.8) is 0 Å². The lowest BCUT2D eigenvalue weighted by atomic mass is 9.93. The van der Waals surface area contributed by atoms with E-state index in [4.69, 9.17) is 9.97 Å². The normalized spacial score (nSPS) is 14.9. The molecule has 1 fully saturated rings. The molecular weight excluding hydrogens is 396 g/mol. The van der Waals surface area contributed by atoms with Crippen molar-refractivity contribution in [2.75, 3.05) is 24.5 Å². The minimum atomic E-state index is -0.343. The van der Waals surface area contributed by atoms with Crippen LogP contribution in [0.2, 0.25) is 0 Å². The Labute approximate surface area is 190 Å². The van der Waals surface area contributed by atoms with Crippen LogP contribution in [0.15, 0.2) is 66.9 Å². The zero-order chi connectivity index (χ0) is 22.6.